The van der Waals surface area contributed by atoms with Crippen LogP contribution in [0.1, 0.15) is 38.8 Å². The van der Waals surface area contributed by atoms with Crippen LogP contribution in [0.25, 0.3) is 0 Å². The van der Waals surface area contributed by atoms with Crippen molar-refractivity contribution in [3.8, 4) is 6.07 Å². The molecular weight excluding hydrogens is 208 g/mol. The fourth-order valence-corrected chi connectivity index (χ4v) is 1.63. The van der Waals surface area contributed by atoms with Crippen molar-refractivity contribution in [2.24, 2.45) is 0 Å². The lowest BCUT2D eigenvalue weighted by molar-refractivity contribution is 0.294. The van der Waals surface area contributed by atoms with Crippen LogP contribution >= 0.6 is 0 Å². The Kier molecular flexibility index (Phi) is 4.31. The number of nitriles is 1. The zero-order valence-corrected chi connectivity index (χ0v) is 11.5. The molecule has 2 heteroatoms. The van der Waals surface area contributed by atoms with Gasteiger partial charge in [-0.25, -0.2) is 0 Å². The van der Waals surface area contributed by atoms with Crippen molar-refractivity contribution in [1.82, 2.24) is 4.90 Å². The van der Waals surface area contributed by atoms with Crippen molar-refractivity contribution in [3.05, 3.63) is 35.4 Å². The standard InChI is InChI=1S/C15H22N2/c1-12(10-16)17(5)11-13-6-8-14(9-7-13)15(2,3)4/h6-9,12H,11H2,1-5H3. The van der Waals surface area contributed by atoms with E-state index in [0.29, 0.717) is 0 Å². The van der Waals surface area contributed by atoms with Gasteiger partial charge in [0.15, 0.2) is 0 Å². The summed E-state index contributed by atoms with van der Waals surface area (Å²) in [6.45, 7) is 9.38. The molecule has 92 valence electrons. The molecule has 0 aliphatic carbocycles. The Morgan fingerprint density at radius 3 is 2.18 bits per heavy atom. The van der Waals surface area contributed by atoms with E-state index in [-0.39, 0.29) is 11.5 Å². The van der Waals surface area contributed by atoms with Crippen molar-refractivity contribution in [1.29, 1.82) is 5.26 Å². The Bertz CT molecular complexity index is 392. The highest BCUT2D eigenvalue weighted by Gasteiger charge is 2.13. The third-order valence-electron chi connectivity index (χ3n) is 3.10. The van der Waals surface area contributed by atoms with Crippen LogP contribution in [0.2, 0.25) is 0 Å². The van der Waals surface area contributed by atoms with E-state index >= 15 is 0 Å². The van der Waals surface area contributed by atoms with Crippen LogP contribution in [0.5, 0.6) is 0 Å². The summed E-state index contributed by atoms with van der Waals surface area (Å²) in [6, 6.07) is 10.9. The first kappa shape index (κ1) is 13.7. The van der Waals surface area contributed by atoms with E-state index in [2.05, 4.69) is 51.1 Å². The van der Waals surface area contributed by atoms with Crippen molar-refractivity contribution in [2.75, 3.05) is 7.05 Å². The zero-order valence-electron chi connectivity index (χ0n) is 11.5. The van der Waals surface area contributed by atoms with Crippen molar-refractivity contribution < 1.29 is 0 Å². The molecule has 0 saturated carbocycles. The van der Waals surface area contributed by atoms with Gasteiger partial charge in [-0.2, -0.15) is 5.26 Å². The van der Waals surface area contributed by atoms with Crippen LogP contribution in [0.4, 0.5) is 0 Å². The minimum atomic E-state index is -0.0442. The molecule has 0 aliphatic rings. The summed E-state index contributed by atoms with van der Waals surface area (Å²) in [4.78, 5) is 2.05. The number of benzene rings is 1. The van der Waals surface area contributed by atoms with Gasteiger partial charge in [-0.3, -0.25) is 4.90 Å². The van der Waals surface area contributed by atoms with Gasteiger partial charge in [0, 0.05) is 6.54 Å². The van der Waals surface area contributed by atoms with E-state index in [1.807, 2.05) is 18.9 Å². The average Bonchev–Trinajstić information content (AvgIpc) is 2.27. The molecule has 0 spiro atoms. The maximum atomic E-state index is 8.84. The molecule has 0 heterocycles. The molecule has 0 saturated heterocycles. The van der Waals surface area contributed by atoms with Crippen molar-refractivity contribution in [3.63, 3.8) is 0 Å². The quantitative estimate of drug-likeness (QED) is 0.796. The van der Waals surface area contributed by atoms with E-state index < -0.39 is 0 Å². The zero-order chi connectivity index (χ0) is 13.1. The molecule has 1 unspecified atom stereocenters. The minimum absolute atomic E-state index is 0.0442. The lowest BCUT2D eigenvalue weighted by atomic mass is 9.87. The van der Waals surface area contributed by atoms with Crippen LogP contribution in [-0.4, -0.2) is 18.0 Å². The van der Waals surface area contributed by atoms with Gasteiger partial charge in [-0.15, -0.1) is 0 Å². The molecule has 1 aromatic carbocycles. The Morgan fingerprint density at radius 1 is 1.24 bits per heavy atom. The second-order valence-electron chi connectivity index (χ2n) is 5.67. The van der Waals surface area contributed by atoms with E-state index in [4.69, 9.17) is 5.26 Å². The maximum absolute atomic E-state index is 8.84. The highest BCUT2D eigenvalue weighted by molar-refractivity contribution is 5.27. The second-order valence-corrected chi connectivity index (χ2v) is 5.67. The Labute approximate surface area is 105 Å². The molecule has 0 N–H and O–H groups in total. The van der Waals surface area contributed by atoms with Crippen molar-refractivity contribution >= 4 is 0 Å². The predicted octanol–water partition coefficient (Wildman–Crippen LogP) is 3.33. The molecule has 1 aromatic rings. The van der Waals surface area contributed by atoms with Crippen LogP contribution in [-0.2, 0) is 12.0 Å². The fraction of sp³-hybridized carbons (Fsp3) is 0.533. The van der Waals surface area contributed by atoms with Crippen molar-refractivity contribution in [2.45, 2.75) is 45.7 Å². The molecule has 0 bridgehead atoms. The molecule has 0 amide bonds. The lowest BCUT2D eigenvalue weighted by Gasteiger charge is -2.21. The number of hydrogen-bond acceptors (Lipinski definition) is 2. The summed E-state index contributed by atoms with van der Waals surface area (Å²) >= 11 is 0. The first-order valence-corrected chi connectivity index (χ1v) is 6.04. The first-order chi connectivity index (χ1) is 7.84. The van der Waals surface area contributed by atoms with Gasteiger partial charge in [0.1, 0.15) is 0 Å². The summed E-state index contributed by atoms with van der Waals surface area (Å²) in [5.41, 5.74) is 2.80. The first-order valence-electron chi connectivity index (χ1n) is 6.04. The van der Waals surface area contributed by atoms with Crippen LogP contribution in [0.15, 0.2) is 24.3 Å². The molecule has 0 aromatic heterocycles. The second kappa shape index (κ2) is 5.33. The van der Waals surface area contributed by atoms with Gasteiger partial charge >= 0.3 is 0 Å². The van der Waals surface area contributed by atoms with Gasteiger partial charge in [0.05, 0.1) is 12.1 Å². The lowest BCUT2D eigenvalue weighted by Crippen LogP contribution is -2.27. The molecule has 17 heavy (non-hydrogen) atoms. The minimum Gasteiger partial charge on any atom is -0.287 e. The van der Waals surface area contributed by atoms with Crippen LogP contribution < -0.4 is 0 Å². The van der Waals surface area contributed by atoms with Gasteiger partial charge in [-0.1, -0.05) is 45.0 Å². The number of nitrogens with zero attached hydrogens (tertiary/aromatic N) is 2. The van der Waals surface area contributed by atoms with Crippen LogP contribution in [0, 0.1) is 11.3 Å². The molecule has 0 radical (unpaired) electrons. The van der Waals surface area contributed by atoms with E-state index in [9.17, 15) is 0 Å². The number of hydrogen-bond donors (Lipinski definition) is 0. The molecule has 1 rings (SSSR count). The fourth-order valence-electron chi connectivity index (χ4n) is 1.63. The van der Waals surface area contributed by atoms with Gasteiger partial charge in [0.2, 0.25) is 0 Å². The highest BCUT2D eigenvalue weighted by Crippen LogP contribution is 2.22. The predicted molar refractivity (Wildman–Crippen MR) is 71.7 cm³/mol. The summed E-state index contributed by atoms with van der Waals surface area (Å²) in [5.74, 6) is 0. The third-order valence-corrected chi connectivity index (χ3v) is 3.10. The average molecular weight is 230 g/mol. The van der Waals surface area contributed by atoms with Gasteiger partial charge in [-0.05, 0) is 30.5 Å². The van der Waals surface area contributed by atoms with Gasteiger partial charge in [0.25, 0.3) is 0 Å². The summed E-state index contributed by atoms with van der Waals surface area (Å²) < 4.78 is 0. The molecule has 1 atom stereocenters. The third kappa shape index (κ3) is 3.87. The molecule has 0 aliphatic heterocycles. The smallest absolute Gasteiger partial charge is 0.0949 e. The monoisotopic (exact) mass is 230 g/mol. The SMILES string of the molecule is CC(C#N)N(C)Cc1ccc(C(C)(C)C)cc1. The molecule has 0 fully saturated rings. The van der Waals surface area contributed by atoms with E-state index in [1.165, 1.54) is 11.1 Å². The highest BCUT2D eigenvalue weighted by atomic mass is 15.1. The Balaban J connectivity index is 2.73. The largest absolute Gasteiger partial charge is 0.287 e. The normalized spacial score (nSPS) is 13.5. The van der Waals surface area contributed by atoms with Gasteiger partial charge < -0.3 is 0 Å². The Morgan fingerprint density at radius 2 is 1.76 bits per heavy atom. The summed E-state index contributed by atoms with van der Waals surface area (Å²) in [5, 5.41) is 8.84. The molecular formula is C15H22N2. The van der Waals surface area contributed by atoms with E-state index in [0.717, 1.165) is 6.54 Å². The summed E-state index contributed by atoms with van der Waals surface area (Å²) in [6.07, 6.45) is 0. The number of rotatable bonds is 3. The topological polar surface area (TPSA) is 27.0 Å². The van der Waals surface area contributed by atoms with E-state index in [1.54, 1.807) is 0 Å². The van der Waals surface area contributed by atoms with Crippen LogP contribution in [0.3, 0.4) is 0 Å². The maximum Gasteiger partial charge on any atom is 0.0949 e. The Hall–Kier alpha value is -1.33. The summed E-state index contributed by atoms with van der Waals surface area (Å²) in [7, 11) is 1.98. The molecule has 2 nitrogen and oxygen atoms in total.